The molecule has 4 rings (SSSR count). The van der Waals surface area contributed by atoms with Gasteiger partial charge in [-0.05, 0) is 72.6 Å². The number of carbonyl (C=O) groups is 2. The fraction of sp³-hybridized carbons (Fsp3) is 0.321. The highest BCUT2D eigenvalue weighted by Crippen LogP contribution is 2.28. The van der Waals surface area contributed by atoms with Crippen molar-refractivity contribution in [1.82, 2.24) is 14.4 Å². The van der Waals surface area contributed by atoms with Crippen LogP contribution in [0.25, 0.3) is 16.9 Å². The van der Waals surface area contributed by atoms with Gasteiger partial charge < -0.3 is 14.8 Å². The van der Waals surface area contributed by atoms with Gasteiger partial charge in [0, 0.05) is 69.6 Å². The summed E-state index contributed by atoms with van der Waals surface area (Å²) in [7, 11) is 0. The number of nitrogens with one attached hydrogen (secondary N) is 1. The Balaban J connectivity index is 1.52. The summed E-state index contributed by atoms with van der Waals surface area (Å²) in [5.41, 5.74) is 4.33. The molecule has 0 spiro atoms. The molecule has 8 heteroatoms. The van der Waals surface area contributed by atoms with E-state index < -0.39 is 0 Å². The third-order valence-electron chi connectivity index (χ3n) is 6.41. The molecule has 0 radical (unpaired) electrons. The molecule has 2 heterocycles. The molecule has 1 saturated heterocycles. The van der Waals surface area contributed by atoms with Crippen molar-refractivity contribution in [3.05, 3.63) is 72.2 Å². The van der Waals surface area contributed by atoms with E-state index in [1.807, 2.05) is 41.3 Å². The minimum Gasteiger partial charge on any atom is -0.340 e. The fourth-order valence-electron chi connectivity index (χ4n) is 4.54. The summed E-state index contributed by atoms with van der Waals surface area (Å²) in [5, 5.41) is 11.6. The van der Waals surface area contributed by atoms with Gasteiger partial charge >= 0.3 is 0 Å². The van der Waals surface area contributed by atoms with Crippen molar-refractivity contribution in [2.45, 2.75) is 26.2 Å². The molecule has 0 aliphatic carbocycles. The number of aromatic nitrogens is 1. The van der Waals surface area contributed by atoms with Gasteiger partial charge in [-0.1, -0.05) is 0 Å². The summed E-state index contributed by atoms with van der Waals surface area (Å²) >= 11 is 0. The minimum atomic E-state index is -0.296. The van der Waals surface area contributed by atoms with E-state index in [9.17, 15) is 14.0 Å². The van der Waals surface area contributed by atoms with Crippen LogP contribution in [0.3, 0.4) is 0 Å². The van der Waals surface area contributed by atoms with Crippen LogP contribution in [0.5, 0.6) is 0 Å². The third-order valence-corrected chi connectivity index (χ3v) is 6.41. The zero-order valence-electron chi connectivity index (χ0n) is 20.4. The highest BCUT2D eigenvalue weighted by Gasteiger charge is 2.21. The van der Waals surface area contributed by atoms with Crippen molar-refractivity contribution < 1.29 is 14.0 Å². The topological polar surface area (TPSA) is 81.4 Å². The standard InChI is InChI=1S/C28H30FN5O2/c1-21(35)31-24-7-9-25(10-8-24)34-26(11-13-27(34)22-3-5-23(29)6-4-22)12-14-28(36)33-19-17-32(18-20-33)16-2-15-30/h3-11,13H,2,12,14,16-20H2,1H3,(H,31,35). The molecule has 1 aliphatic heterocycles. The zero-order valence-corrected chi connectivity index (χ0v) is 20.4. The van der Waals surface area contributed by atoms with Crippen LogP contribution in [0.1, 0.15) is 25.5 Å². The van der Waals surface area contributed by atoms with Gasteiger partial charge in [0.05, 0.1) is 11.8 Å². The molecular weight excluding hydrogens is 457 g/mol. The van der Waals surface area contributed by atoms with Crippen molar-refractivity contribution >= 4 is 17.5 Å². The van der Waals surface area contributed by atoms with Gasteiger partial charge in [0.2, 0.25) is 11.8 Å². The number of hydrogen-bond acceptors (Lipinski definition) is 4. The van der Waals surface area contributed by atoms with Gasteiger partial charge in [-0.2, -0.15) is 5.26 Å². The molecular formula is C28H30FN5O2. The van der Waals surface area contributed by atoms with E-state index in [4.69, 9.17) is 5.26 Å². The second-order valence-corrected chi connectivity index (χ2v) is 8.91. The van der Waals surface area contributed by atoms with Crippen LogP contribution in [-0.4, -0.2) is 58.9 Å². The second kappa shape index (κ2) is 11.6. The maximum absolute atomic E-state index is 13.6. The maximum Gasteiger partial charge on any atom is 0.223 e. The quantitative estimate of drug-likeness (QED) is 0.516. The lowest BCUT2D eigenvalue weighted by molar-refractivity contribution is -0.132. The summed E-state index contributed by atoms with van der Waals surface area (Å²) < 4.78 is 15.6. The Kier molecular flexibility index (Phi) is 8.13. The summed E-state index contributed by atoms with van der Waals surface area (Å²) in [5.74, 6) is -0.317. The van der Waals surface area contributed by atoms with Crippen LogP contribution >= 0.6 is 0 Å². The predicted octanol–water partition coefficient (Wildman–Crippen LogP) is 4.23. The molecule has 1 aliphatic rings. The molecule has 2 amide bonds. The number of halogens is 1. The first-order valence-electron chi connectivity index (χ1n) is 12.2. The molecule has 1 aromatic heterocycles. The van der Waals surface area contributed by atoms with Crippen LogP contribution < -0.4 is 5.32 Å². The number of rotatable bonds is 8. The second-order valence-electron chi connectivity index (χ2n) is 8.91. The number of nitriles is 1. The maximum atomic E-state index is 13.6. The molecule has 0 bridgehead atoms. The average molecular weight is 488 g/mol. The molecule has 7 nitrogen and oxygen atoms in total. The monoisotopic (exact) mass is 487 g/mol. The van der Waals surface area contributed by atoms with Crippen LogP contribution in [0.2, 0.25) is 0 Å². The van der Waals surface area contributed by atoms with E-state index in [1.54, 1.807) is 12.1 Å². The number of benzene rings is 2. The molecule has 0 saturated carbocycles. The number of nitrogens with zero attached hydrogens (tertiary/aromatic N) is 4. The van der Waals surface area contributed by atoms with Gasteiger partial charge in [0.15, 0.2) is 0 Å². The Bertz CT molecular complexity index is 1240. The van der Waals surface area contributed by atoms with Gasteiger partial charge in [-0.25, -0.2) is 4.39 Å². The van der Waals surface area contributed by atoms with E-state index in [0.29, 0.717) is 38.0 Å². The van der Waals surface area contributed by atoms with Gasteiger partial charge in [0.1, 0.15) is 5.82 Å². The first kappa shape index (κ1) is 25.1. The van der Waals surface area contributed by atoms with E-state index in [-0.39, 0.29) is 17.6 Å². The van der Waals surface area contributed by atoms with Gasteiger partial charge in [0.25, 0.3) is 0 Å². The van der Waals surface area contributed by atoms with Crippen molar-refractivity contribution in [3.8, 4) is 23.0 Å². The molecule has 186 valence electrons. The predicted molar refractivity (Wildman–Crippen MR) is 137 cm³/mol. The average Bonchev–Trinajstić information content (AvgIpc) is 3.31. The SMILES string of the molecule is CC(=O)Nc1ccc(-n2c(CCC(=O)N3CCN(CCC#N)CC3)ccc2-c2ccc(F)cc2)cc1. The summed E-state index contributed by atoms with van der Waals surface area (Å²) in [6.45, 7) is 5.15. The van der Waals surface area contributed by atoms with Crippen LogP contribution in [0.15, 0.2) is 60.7 Å². The van der Waals surface area contributed by atoms with Gasteiger partial charge in [-0.15, -0.1) is 0 Å². The lowest BCUT2D eigenvalue weighted by Gasteiger charge is -2.34. The fourth-order valence-corrected chi connectivity index (χ4v) is 4.54. The number of amides is 2. The summed E-state index contributed by atoms with van der Waals surface area (Å²) in [6.07, 6.45) is 1.45. The Hall–Kier alpha value is -3.96. The molecule has 3 aromatic rings. The Morgan fingerprint density at radius 2 is 1.67 bits per heavy atom. The molecule has 0 unspecified atom stereocenters. The van der Waals surface area contributed by atoms with Crippen LogP contribution in [0.4, 0.5) is 10.1 Å². The molecule has 2 aromatic carbocycles. The largest absolute Gasteiger partial charge is 0.340 e. The van der Waals surface area contributed by atoms with Crippen molar-refractivity contribution in [2.24, 2.45) is 0 Å². The molecule has 1 N–H and O–H groups in total. The molecule has 0 atom stereocenters. The number of hydrogen-bond donors (Lipinski definition) is 1. The van der Waals surface area contributed by atoms with Crippen LogP contribution in [-0.2, 0) is 16.0 Å². The summed E-state index contributed by atoms with van der Waals surface area (Å²) in [6, 6.07) is 20.0. The number of aryl methyl sites for hydroxylation is 1. The smallest absolute Gasteiger partial charge is 0.223 e. The van der Waals surface area contributed by atoms with Crippen LogP contribution in [0, 0.1) is 17.1 Å². The first-order valence-corrected chi connectivity index (χ1v) is 12.2. The lowest BCUT2D eigenvalue weighted by atomic mass is 10.1. The minimum absolute atomic E-state index is 0.118. The normalized spacial score (nSPS) is 13.9. The van der Waals surface area contributed by atoms with E-state index in [2.05, 4.69) is 20.9 Å². The van der Waals surface area contributed by atoms with E-state index in [0.717, 1.165) is 42.3 Å². The highest BCUT2D eigenvalue weighted by atomic mass is 19.1. The van der Waals surface area contributed by atoms with E-state index in [1.165, 1.54) is 19.1 Å². The molecule has 1 fully saturated rings. The molecule has 36 heavy (non-hydrogen) atoms. The van der Waals surface area contributed by atoms with Gasteiger partial charge in [-0.3, -0.25) is 14.5 Å². The zero-order chi connectivity index (χ0) is 25.5. The number of piperazine rings is 1. The number of anilines is 1. The Morgan fingerprint density at radius 1 is 0.972 bits per heavy atom. The number of carbonyl (C=O) groups excluding carboxylic acids is 2. The first-order chi connectivity index (χ1) is 17.4. The van der Waals surface area contributed by atoms with Crippen molar-refractivity contribution in [1.29, 1.82) is 5.26 Å². The van der Waals surface area contributed by atoms with E-state index >= 15 is 0 Å². The third kappa shape index (κ3) is 6.18. The Morgan fingerprint density at radius 3 is 2.31 bits per heavy atom. The summed E-state index contributed by atoms with van der Waals surface area (Å²) in [4.78, 5) is 28.5. The van der Waals surface area contributed by atoms with Crippen molar-refractivity contribution in [2.75, 3.05) is 38.0 Å². The Labute approximate surface area is 210 Å². The highest BCUT2D eigenvalue weighted by molar-refractivity contribution is 5.88. The lowest BCUT2D eigenvalue weighted by Crippen LogP contribution is -2.48. The van der Waals surface area contributed by atoms with Crippen molar-refractivity contribution in [3.63, 3.8) is 0 Å².